The minimum absolute atomic E-state index is 0.00616. The van der Waals surface area contributed by atoms with Crippen molar-refractivity contribution in [1.29, 1.82) is 0 Å². The van der Waals surface area contributed by atoms with E-state index in [1.165, 1.54) is 24.6 Å². The van der Waals surface area contributed by atoms with Crippen molar-refractivity contribution in [2.75, 3.05) is 42.9 Å². The molecule has 2 amide bonds. The van der Waals surface area contributed by atoms with Gasteiger partial charge >= 0.3 is 0 Å². The summed E-state index contributed by atoms with van der Waals surface area (Å²) in [6, 6.07) is 13.5. The molecule has 2 aromatic rings. The van der Waals surface area contributed by atoms with Gasteiger partial charge in [0, 0.05) is 43.1 Å². The molecule has 9 heteroatoms. The minimum atomic E-state index is -3.86. The van der Waals surface area contributed by atoms with Gasteiger partial charge in [0.2, 0.25) is 15.9 Å². The van der Waals surface area contributed by atoms with Gasteiger partial charge in [0.1, 0.15) is 0 Å². The highest BCUT2D eigenvalue weighted by atomic mass is 32.2. The Morgan fingerprint density at radius 3 is 2.58 bits per heavy atom. The first-order chi connectivity index (χ1) is 14.8. The SMILES string of the molecule is CC1CCN(c2ccc(NC(=O)c3cccc(S(=O)(=O)N4CCNC(=O)C4)c3)cc2)C1. The molecule has 2 aliphatic heterocycles. The molecule has 1 unspecified atom stereocenters. The Morgan fingerprint density at radius 1 is 1.13 bits per heavy atom. The van der Waals surface area contributed by atoms with E-state index in [1.807, 2.05) is 24.3 Å². The Labute approximate surface area is 182 Å². The third-order valence-electron chi connectivity index (χ3n) is 5.65. The van der Waals surface area contributed by atoms with Gasteiger partial charge in [-0.2, -0.15) is 4.31 Å². The lowest BCUT2D eigenvalue weighted by atomic mass is 10.2. The molecule has 0 aliphatic carbocycles. The zero-order valence-electron chi connectivity index (χ0n) is 17.4. The van der Waals surface area contributed by atoms with E-state index < -0.39 is 15.9 Å². The van der Waals surface area contributed by atoms with Gasteiger partial charge in [-0.25, -0.2) is 8.42 Å². The van der Waals surface area contributed by atoms with Crippen molar-refractivity contribution in [2.45, 2.75) is 18.2 Å². The maximum absolute atomic E-state index is 12.9. The van der Waals surface area contributed by atoms with Crippen LogP contribution < -0.4 is 15.5 Å². The summed E-state index contributed by atoms with van der Waals surface area (Å²) in [7, 11) is -3.86. The third-order valence-corrected chi connectivity index (χ3v) is 7.49. The number of hydrogen-bond acceptors (Lipinski definition) is 5. The highest BCUT2D eigenvalue weighted by Crippen LogP contribution is 2.25. The van der Waals surface area contributed by atoms with E-state index in [1.54, 1.807) is 6.07 Å². The lowest BCUT2D eigenvalue weighted by Crippen LogP contribution is -2.49. The molecule has 2 fully saturated rings. The molecule has 0 radical (unpaired) electrons. The fourth-order valence-corrected chi connectivity index (χ4v) is 5.34. The summed E-state index contributed by atoms with van der Waals surface area (Å²) in [6.07, 6.45) is 1.18. The van der Waals surface area contributed by atoms with Crippen LogP contribution in [0.3, 0.4) is 0 Å². The van der Waals surface area contributed by atoms with E-state index in [-0.39, 0.29) is 36.0 Å². The fourth-order valence-electron chi connectivity index (χ4n) is 3.90. The molecular formula is C22H26N4O4S. The Hall–Kier alpha value is -2.91. The molecule has 2 N–H and O–H groups in total. The number of nitrogens with one attached hydrogen (secondary N) is 2. The Bertz CT molecular complexity index is 1080. The molecular weight excluding hydrogens is 416 g/mol. The number of hydrogen-bond donors (Lipinski definition) is 2. The number of amides is 2. The predicted molar refractivity (Wildman–Crippen MR) is 119 cm³/mol. The molecule has 2 saturated heterocycles. The number of anilines is 2. The van der Waals surface area contributed by atoms with Crippen LogP contribution in [-0.2, 0) is 14.8 Å². The van der Waals surface area contributed by atoms with Gasteiger partial charge in [0.05, 0.1) is 11.4 Å². The standard InChI is InChI=1S/C22H26N4O4S/c1-16-9-11-25(14-16)19-7-5-18(6-8-19)24-22(28)17-3-2-4-20(13-17)31(29,30)26-12-10-23-21(27)15-26/h2-8,13,16H,9-12,14-15H2,1H3,(H,23,27)(H,24,28). The molecule has 1 atom stereocenters. The van der Waals surface area contributed by atoms with Crippen LogP contribution in [0, 0.1) is 5.92 Å². The van der Waals surface area contributed by atoms with Crippen molar-refractivity contribution in [3.63, 3.8) is 0 Å². The van der Waals surface area contributed by atoms with Crippen molar-refractivity contribution in [2.24, 2.45) is 5.92 Å². The Kier molecular flexibility index (Phi) is 5.97. The van der Waals surface area contributed by atoms with Crippen molar-refractivity contribution < 1.29 is 18.0 Å². The van der Waals surface area contributed by atoms with Crippen molar-refractivity contribution in [1.82, 2.24) is 9.62 Å². The van der Waals surface area contributed by atoms with E-state index in [2.05, 4.69) is 22.5 Å². The van der Waals surface area contributed by atoms with Crippen LogP contribution in [0.2, 0.25) is 0 Å². The van der Waals surface area contributed by atoms with Gasteiger partial charge < -0.3 is 15.5 Å². The monoisotopic (exact) mass is 442 g/mol. The molecule has 164 valence electrons. The number of rotatable bonds is 5. The van der Waals surface area contributed by atoms with E-state index in [4.69, 9.17) is 0 Å². The molecule has 2 heterocycles. The largest absolute Gasteiger partial charge is 0.371 e. The van der Waals surface area contributed by atoms with Gasteiger partial charge in [-0.15, -0.1) is 0 Å². The van der Waals surface area contributed by atoms with Crippen molar-refractivity contribution in [3.05, 3.63) is 54.1 Å². The molecule has 0 bridgehead atoms. The second kappa shape index (κ2) is 8.68. The lowest BCUT2D eigenvalue weighted by Gasteiger charge is -2.26. The number of benzene rings is 2. The molecule has 0 aromatic heterocycles. The summed E-state index contributed by atoms with van der Waals surface area (Å²) in [5.41, 5.74) is 2.00. The maximum Gasteiger partial charge on any atom is 0.255 e. The first-order valence-electron chi connectivity index (χ1n) is 10.4. The molecule has 8 nitrogen and oxygen atoms in total. The van der Waals surface area contributed by atoms with E-state index in [9.17, 15) is 18.0 Å². The second-order valence-corrected chi connectivity index (χ2v) is 10.00. The number of nitrogens with zero attached hydrogens (tertiary/aromatic N) is 2. The third kappa shape index (κ3) is 4.72. The highest BCUT2D eigenvalue weighted by molar-refractivity contribution is 7.89. The fraction of sp³-hybridized carbons (Fsp3) is 0.364. The first kappa shape index (κ1) is 21.3. The van der Waals surface area contributed by atoms with Crippen LogP contribution in [0.4, 0.5) is 11.4 Å². The van der Waals surface area contributed by atoms with Crippen molar-refractivity contribution in [3.8, 4) is 0 Å². The van der Waals surface area contributed by atoms with Crippen LogP contribution >= 0.6 is 0 Å². The average Bonchev–Trinajstić information content (AvgIpc) is 3.20. The minimum Gasteiger partial charge on any atom is -0.371 e. The second-order valence-electron chi connectivity index (χ2n) is 8.06. The van der Waals surface area contributed by atoms with Crippen LogP contribution in [0.5, 0.6) is 0 Å². The molecule has 0 saturated carbocycles. The van der Waals surface area contributed by atoms with Gasteiger partial charge in [0.25, 0.3) is 5.91 Å². The highest BCUT2D eigenvalue weighted by Gasteiger charge is 2.29. The van der Waals surface area contributed by atoms with Crippen LogP contribution in [-0.4, -0.2) is 57.3 Å². The van der Waals surface area contributed by atoms with Crippen LogP contribution in [0.15, 0.2) is 53.4 Å². The topological polar surface area (TPSA) is 98.8 Å². The van der Waals surface area contributed by atoms with E-state index >= 15 is 0 Å². The molecule has 4 rings (SSSR count). The molecule has 31 heavy (non-hydrogen) atoms. The van der Waals surface area contributed by atoms with Crippen molar-refractivity contribution >= 4 is 33.2 Å². The predicted octanol–water partition coefficient (Wildman–Crippen LogP) is 1.91. The summed E-state index contributed by atoms with van der Waals surface area (Å²) < 4.78 is 26.8. The smallest absolute Gasteiger partial charge is 0.255 e. The van der Waals surface area contributed by atoms with Crippen LogP contribution in [0.1, 0.15) is 23.7 Å². The first-order valence-corrected chi connectivity index (χ1v) is 11.8. The summed E-state index contributed by atoms with van der Waals surface area (Å²) >= 11 is 0. The quantitative estimate of drug-likeness (QED) is 0.737. The normalized spacial score (nSPS) is 19.8. The molecule has 0 spiro atoms. The van der Waals surface area contributed by atoms with Gasteiger partial charge in [-0.1, -0.05) is 13.0 Å². The molecule has 2 aromatic carbocycles. The summed E-state index contributed by atoms with van der Waals surface area (Å²) in [4.78, 5) is 26.6. The van der Waals surface area contributed by atoms with Crippen LogP contribution in [0.25, 0.3) is 0 Å². The number of carbonyl (C=O) groups is 2. The Morgan fingerprint density at radius 2 is 1.90 bits per heavy atom. The molecule has 2 aliphatic rings. The summed E-state index contributed by atoms with van der Waals surface area (Å²) in [5, 5.41) is 5.42. The number of sulfonamides is 1. The number of piperazine rings is 1. The van der Waals surface area contributed by atoms with E-state index in [0.29, 0.717) is 11.6 Å². The summed E-state index contributed by atoms with van der Waals surface area (Å²) in [6.45, 7) is 4.56. The lowest BCUT2D eigenvalue weighted by molar-refractivity contribution is -0.122. The van der Waals surface area contributed by atoms with E-state index in [0.717, 1.165) is 23.1 Å². The zero-order chi connectivity index (χ0) is 22.0. The number of carbonyl (C=O) groups excluding carboxylic acids is 2. The summed E-state index contributed by atoms with van der Waals surface area (Å²) in [5.74, 6) is -0.0474. The Balaban J connectivity index is 1.46. The maximum atomic E-state index is 12.9. The van der Waals surface area contributed by atoms with Gasteiger partial charge in [-0.05, 0) is 54.8 Å². The zero-order valence-corrected chi connectivity index (χ0v) is 18.2. The van der Waals surface area contributed by atoms with Gasteiger partial charge in [-0.3, -0.25) is 9.59 Å². The van der Waals surface area contributed by atoms with Gasteiger partial charge in [0.15, 0.2) is 0 Å². The average molecular weight is 443 g/mol.